The Kier molecular flexibility index (Phi) is 6.06. The molecule has 3 nitrogen and oxygen atoms in total. The van der Waals surface area contributed by atoms with Crippen molar-refractivity contribution in [3.63, 3.8) is 0 Å². The summed E-state index contributed by atoms with van der Waals surface area (Å²) < 4.78 is 5.10. The molecule has 0 aromatic carbocycles. The van der Waals surface area contributed by atoms with E-state index in [1.165, 1.54) is 5.57 Å². The third-order valence-electron chi connectivity index (χ3n) is 1.60. The zero-order chi connectivity index (χ0) is 11.9. The third-order valence-corrected chi connectivity index (χ3v) is 1.60. The van der Waals surface area contributed by atoms with Gasteiger partial charge in [-0.25, -0.2) is 4.79 Å². The van der Waals surface area contributed by atoms with E-state index in [0.29, 0.717) is 6.54 Å². The minimum atomic E-state index is -0.413. The lowest BCUT2D eigenvalue weighted by atomic mass is 10.2. The normalized spacial score (nSPS) is 10.7. The van der Waals surface area contributed by atoms with E-state index in [2.05, 4.69) is 25.2 Å². The fourth-order valence-electron chi connectivity index (χ4n) is 0.997. The van der Waals surface area contributed by atoms with Gasteiger partial charge < -0.3 is 10.1 Å². The van der Waals surface area contributed by atoms with Crippen LogP contribution in [0.5, 0.6) is 0 Å². The maximum atomic E-state index is 11.2. The molecule has 0 atom stereocenters. The molecule has 0 saturated carbocycles. The minimum Gasteiger partial charge on any atom is -0.444 e. The molecular formula is C12H23NO2. The number of nitrogens with one attached hydrogen (secondary N) is 1. The zero-order valence-corrected chi connectivity index (χ0v) is 10.5. The average Bonchev–Trinajstić information content (AvgIpc) is 1.99. The smallest absolute Gasteiger partial charge is 0.407 e. The summed E-state index contributed by atoms with van der Waals surface area (Å²) in [5, 5.41) is 2.72. The first-order valence-electron chi connectivity index (χ1n) is 5.41. The molecule has 0 aromatic rings. The van der Waals surface area contributed by atoms with Crippen molar-refractivity contribution in [3.8, 4) is 0 Å². The largest absolute Gasteiger partial charge is 0.444 e. The van der Waals surface area contributed by atoms with Crippen LogP contribution in [0.25, 0.3) is 0 Å². The molecule has 0 bridgehead atoms. The van der Waals surface area contributed by atoms with Crippen LogP contribution >= 0.6 is 0 Å². The Morgan fingerprint density at radius 2 is 1.93 bits per heavy atom. The number of allylic oxidation sites excluding steroid dienone is 2. The Hall–Kier alpha value is -0.990. The molecule has 0 saturated heterocycles. The van der Waals surface area contributed by atoms with E-state index in [0.717, 1.165) is 12.8 Å². The van der Waals surface area contributed by atoms with Crippen LogP contribution in [0.2, 0.25) is 0 Å². The van der Waals surface area contributed by atoms with Crippen molar-refractivity contribution < 1.29 is 9.53 Å². The highest BCUT2D eigenvalue weighted by atomic mass is 16.6. The second kappa shape index (κ2) is 6.49. The minimum absolute atomic E-state index is 0.334. The van der Waals surface area contributed by atoms with Gasteiger partial charge in [0.25, 0.3) is 0 Å². The summed E-state index contributed by atoms with van der Waals surface area (Å²) in [5.41, 5.74) is 0.900. The zero-order valence-electron chi connectivity index (χ0n) is 10.5. The number of carbonyl (C=O) groups is 1. The highest BCUT2D eigenvalue weighted by Gasteiger charge is 2.15. The standard InChI is InChI=1S/C12H23NO2/c1-10(2)8-6-7-9-13-11(14)15-12(3,4)5/h8H,6-7,9H2,1-5H3,(H,13,14). The van der Waals surface area contributed by atoms with Crippen LogP contribution in [0.3, 0.4) is 0 Å². The molecule has 15 heavy (non-hydrogen) atoms. The Bertz CT molecular complexity index is 222. The Labute approximate surface area is 92.9 Å². The van der Waals surface area contributed by atoms with E-state index >= 15 is 0 Å². The molecule has 0 fully saturated rings. The fourth-order valence-corrected chi connectivity index (χ4v) is 0.997. The monoisotopic (exact) mass is 213 g/mol. The van der Waals surface area contributed by atoms with Gasteiger partial charge in [0.05, 0.1) is 0 Å². The summed E-state index contributed by atoms with van der Waals surface area (Å²) in [7, 11) is 0. The topological polar surface area (TPSA) is 38.3 Å². The van der Waals surface area contributed by atoms with Crippen molar-refractivity contribution in [2.45, 2.75) is 53.1 Å². The number of hydrogen-bond acceptors (Lipinski definition) is 2. The van der Waals surface area contributed by atoms with E-state index in [-0.39, 0.29) is 6.09 Å². The Balaban J connectivity index is 3.52. The molecule has 0 aliphatic heterocycles. The van der Waals surface area contributed by atoms with Gasteiger partial charge in [0.1, 0.15) is 5.60 Å². The van der Waals surface area contributed by atoms with Crippen molar-refractivity contribution in [2.24, 2.45) is 0 Å². The lowest BCUT2D eigenvalue weighted by Crippen LogP contribution is -2.32. The summed E-state index contributed by atoms with van der Waals surface area (Å²) in [6.45, 7) is 10.4. The number of carbonyl (C=O) groups excluding carboxylic acids is 1. The molecule has 0 aliphatic carbocycles. The van der Waals surface area contributed by atoms with E-state index in [1.54, 1.807) is 0 Å². The highest BCUT2D eigenvalue weighted by Crippen LogP contribution is 2.06. The van der Waals surface area contributed by atoms with Crippen LogP contribution in [0.4, 0.5) is 4.79 Å². The lowest BCUT2D eigenvalue weighted by Gasteiger charge is -2.19. The van der Waals surface area contributed by atoms with Gasteiger partial charge in [0.2, 0.25) is 0 Å². The molecular weight excluding hydrogens is 190 g/mol. The van der Waals surface area contributed by atoms with Gasteiger partial charge in [0.15, 0.2) is 0 Å². The molecule has 0 spiro atoms. The van der Waals surface area contributed by atoms with Crippen molar-refractivity contribution in [1.82, 2.24) is 5.32 Å². The number of unbranched alkanes of at least 4 members (excludes halogenated alkanes) is 1. The van der Waals surface area contributed by atoms with Crippen LogP contribution in [0.15, 0.2) is 11.6 Å². The van der Waals surface area contributed by atoms with Gasteiger partial charge in [0, 0.05) is 6.54 Å². The first kappa shape index (κ1) is 14.0. The summed E-state index contributed by atoms with van der Waals surface area (Å²) >= 11 is 0. The predicted molar refractivity (Wildman–Crippen MR) is 62.9 cm³/mol. The van der Waals surface area contributed by atoms with Gasteiger partial charge in [-0.1, -0.05) is 11.6 Å². The van der Waals surface area contributed by atoms with Gasteiger partial charge in [-0.2, -0.15) is 0 Å². The summed E-state index contributed by atoms with van der Waals surface area (Å²) in [6.07, 6.45) is 3.78. The third kappa shape index (κ3) is 10.9. The van der Waals surface area contributed by atoms with E-state index in [9.17, 15) is 4.79 Å². The molecule has 0 rings (SSSR count). The molecule has 0 aliphatic rings. The van der Waals surface area contributed by atoms with Crippen molar-refractivity contribution in [2.75, 3.05) is 6.54 Å². The fraction of sp³-hybridized carbons (Fsp3) is 0.750. The van der Waals surface area contributed by atoms with Gasteiger partial charge in [-0.15, -0.1) is 0 Å². The van der Waals surface area contributed by atoms with Crippen LogP contribution < -0.4 is 5.32 Å². The number of hydrogen-bond donors (Lipinski definition) is 1. The SMILES string of the molecule is CC(C)=CCCCNC(=O)OC(C)(C)C. The Morgan fingerprint density at radius 3 is 2.40 bits per heavy atom. The maximum absolute atomic E-state index is 11.2. The average molecular weight is 213 g/mol. The van der Waals surface area contributed by atoms with Crippen molar-refractivity contribution >= 4 is 6.09 Å². The quantitative estimate of drug-likeness (QED) is 0.575. The van der Waals surface area contributed by atoms with Gasteiger partial charge in [-0.3, -0.25) is 0 Å². The molecule has 0 heterocycles. The number of rotatable bonds is 4. The highest BCUT2D eigenvalue weighted by molar-refractivity contribution is 5.67. The number of alkyl carbamates (subject to hydrolysis) is 1. The molecule has 1 N–H and O–H groups in total. The first-order valence-corrected chi connectivity index (χ1v) is 5.41. The molecule has 0 radical (unpaired) electrons. The molecule has 3 heteroatoms. The Morgan fingerprint density at radius 1 is 1.33 bits per heavy atom. The van der Waals surface area contributed by atoms with Crippen LogP contribution in [0, 0.1) is 0 Å². The molecule has 1 amide bonds. The van der Waals surface area contributed by atoms with Crippen molar-refractivity contribution in [1.29, 1.82) is 0 Å². The van der Waals surface area contributed by atoms with Gasteiger partial charge >= 0.3 is 6.09 Å². The van der Waals surface area contributed by atoms with Crippen LogP contribution in [0.1, 0.15) is 47.5 Å². The van der Waals surface area contributed by atoms with E-state index in [4.69, 9.17) is 4.74 Å². The molecule has 88 valence electrons. The van der Waals surface area contributed by atoms with E-state index < -0.39 is 5.60 Å². The predicted octanol–water partition coefficient (Wildman–Crippen LogP) is 3.26. The second-order valence-corrected chi connectivity index (χ2v) is 4.85. The second-order valence-electron chi connectivity index (χ2n) is 4.85. The summed E-state index contributed by atoms with van der Waals surface area (Å²) in [4.78, 5) is 11.2. The van der Waals surface area contributed by atoms with Gasteiger partial charge in [-0.05, 0) is 47.5 Å². The van der Waals surface area contributed by atoms with Crippen molar-refractivity contribution in [3.05, 3.63) is 11.6 Å². The lowest BCUT2D eigenvalue weighted by molar-refractivity contribution is 0.0527. The van der Waals surface area contributed by atoms with E-state index in [1.807, 2.05) is 20.8 Å². The first-order chi connectivity index (χ1) is 6.81. The van der Waals surface area contributed by atoms with Crippen LogP contribution in [-0.4, -0.2) is 18.2 Å². The molecule has 0 unspecified atom stereocenters. The summed E-state index contributed by atoms with van der Waals surface area (Å²) in [6, 6.07) is 0. The number of amides is 1. The summed E-state index contributed by atoms with van der Waals surface area (Å²) in [5.74, 6) is 0. The maximum Gasteiger partial charge on any atom is 0.407 e. The number of ether oxygens (including phenoxy) is 1. The van der Waals surface area contributed by atoms with Crippen LogP contribution in [-0.2, 0) is 4.74 Å². The molecule has 0 aromatic heterocycles.